The second-order valence-corrected chi connectivity index (χ2v) is 8.01. The first-order valence-electron chi connectivity index (χ1n) is 10.6. The molecule has 4 rings (SSSR count). The summed E-state index contributed by atoms with van der Waals surface area (Å²) in [6.45, 7) is 6.65. The Labute approximate surface area is 176 Å². The van der Waals surface area contributed by atoms with Crippen molar-refractivity contribution in [2.45, 2.75) is 52.5 Å². The van der Waals surface area contributed by atoms with Gasteiger partial charge in [0.05, 0.1) is 11.3 Å². The Morgan fingerprint density at radius 1 is 1.23 bits per heavy atom. The Balaban J connectivity index is 1.83. The largest absolute Gasteiger partial charge is 0.354 e. The zero-order chi connectivity index (χ0) is 21.3. The summed E-state index contributed by atoms with van der Waals surface area (Å²) >= 11 is 0. The van der Waals surface area contributed by atoms with Crippen LogP contribution in [0.15, 0.2) is 36.5 Å². The van der Waals surface area contributed by atoms with Crippen molar-refractivity contribution in [1.82, 2.24) is 14.9 Å². The van der Waals surface area contributed by atoms with Gasteiger partial charge in [-0.05, 0) is 75.4 Å². The van der Waals surface area contributed by atoms with Gasteiger partial charge in [0.1, 0.15) is 5.82 Å². The third kappa shape index (κ3) is 3.86. The molecule has 0 radical (unpaired) electrons. The van der Waals surface area contributed by atoms with Crippen LogP contribution in [0.2, 0.25) is 0 Å². The SMILES string of the molecule is CC[C@@H]1CCCCN1C(=O)c1cnc2nc(C)ccc2c1Nc1ccc(F)cc1C. The van der Waals surface area contributed by atoms with Crippen LogP contribution in [0.4, 0.5) is 15.8 Å². The number of fused-ring (bicyclic) bond motifs is 1. The van der Waals surface area contributed by atoms with Crippen LogP contribution in [-0.4, -0.2) is 33.4 Å². The van der Waals surface area contributed by atoms with Gasteiger partial charge < -0.3 is 10.2 Å². The van der Waals surface area contributed by atoms with Crippen molar-refractivity contribution in [2.24, 2.45) is 0 Å². The molecule has 6 heteroatoms. The quantitative estimate of drug-likeness (QED) is 0.619. The third-order valence-corrected chi connectivity index (χ3v) is 5.91. The Morgan fingerprint density at radius 2 is 2.07 bits per heavy atom. The highest BCUT2D eigenvalue weighted by molar-refractivity contribution is 6.07. The molecule has 1 N–H and O–H groups in total. The predicted octanol–water partition coefficient (Wildman–Crippen LogP) is 5.53. The number of pyridine rings is 2. The van der Waals surface area contributed by atoms with Gasteiger partial charge in [0.15, 0.2) is 5.65 Å². The van der Waals surface area contributed by atoms with Gasteiger partial charge in [0.25, 0.3) is 5.91 Å². The predicted molar refractivity (Wildman–Crippen MR) is 118 cm³/mol. The van der Waals surface area contributed by atoms with E-state index < -0.39 is 0 Å². The first kappa shape index (κ1) is 20.3. The minimum Gasteiger partial charge on any atom is -0.354 e. The Hall–Kier alpha value is -3.02. The van der Waals surface area contributed by atoms with E-state index in [1.165, 1.54) is 12.1 Å². The molecule has 0 aliphatic carbocycles. The summed E-state index contributed by atoms with van der Waals surface area (Å²) < 4.78 is 13.6. The van der Waals surface area contributed by atoms with Gasteiger partial charge in [-0.2, -0.15) is 0 Å². The number of likely N-dealkylation sites (tertiary alicyclic amines) is 1. The standard InChI is InChI=1S/C24H27FN4O/c1-4-18-7-5-6-12-29(18)24(30)20-14-26-23-19(10-8-16(3)27-23)22(20)28-21-11-9-17(25)13-15(21)2/h8-11,13-14,18H,4-7,12H2,1-3H3,(H,26,27,28)/t18-/m1/s1. The number of hydrogen-bond acceptors (Lipinski definition) is 4. The average molecular weight is 407 g/mol. The van der Waals surface area contributed by atoms with Gasteiger partial charge in [-0.3, -0.25) is 4.79 Å². The number of carbonyl (C=O) groups is 1. The van der Waals surface area contributed by atoms with Crippen LogP contribution in [0.5, 0.6) is 0 Å². The first-order chi connectivity index (χ1) is 14.5. The molecule has 1 saturated heterocycles. The first-order valence-corrected chi connectivity index (χ1v) is 10.6. The minimum absolute atomic E-state index is 0.0150. The van der Waals surface area contributed by atoms with Gasteiger partial charge in [0, 0.05) is 35.6 Å². The molecule has 156 valence electrons. The molecule has 0 bridgehead atoms. The molecule has 1 amide bonds. The number of nitrogens with one attached hydrogen (secondary N) is 1. The number of benzene rings is 1. The molecule has 1 aliphatic heterocycles. The summed E-state index contributed by atoms with van der Waals surface area (Å²) in [5.41, 5.74) is 4.16. The van der Waals surface area contributed by atoms with Crippen LogP contribution >= 0.6 is 0 Å². The maximum Gasteiger partial charge on any atom is 0.257 e. The van der Waals surface area contributed by atoms with Crippen LogP contribution in [0.1, 0.15) is 54.2 Å². The van der Waals surface area contributed by atoms with E-state index in [4.69, 9.17) is 0 Å². The van der Waals surface area contributed by atoms with Gasteiger partial charge in [-0.25, -0.2) is 14.4 Å². The fourth-order valence-corrected chi connectivity index (χ4v) is 4.22. The van der Waals surface area contributed by atoms with Crippen LogP contribution < -0.4 is 5.32 Å². The second kappa shape index (κ2) is 8.38. The lowest BCUT2D eigenvalue weighted by Crippen LogP contribution is -2.43. The maximum absolute atomic E-state index is 13.6. The lowest BCUT2D eigenvalue weighted by atomic mass is 9.98. The van der Waals surface area contributed by atoms with E-state index in [9.17, 15) is 9.18 Å². The molecule has 30 heavy (non-hydrogen) atoms. The number of hydrogen-bond donors (Lipinski definition) is 1. The number of piperidine rings is 1. The highest BCUT2D eigenvalue weighted by Crippen LogP contribution is 2.32. The molecule has 0 spiro atoms. The van der Waals surface area contributed by atoms with Crippen molar-refractivity contribution < 1.29 is 9.18 Å². The normalized spacial score (nSPS) is 16.7. The fraction of sp³-hybridized carbons (Fsp3) is 0.375. The minimum atomic E-state index is -0.287. The summed E-state index contributed by atoms with van der Waals surface area (Å²) in [6.07, 6.45) is 5.77. The number of carbonyl (C=O) groups excluding carboxylic acids is 1. The van der Waals surface area contributed by atoms with E-state index in [-0.39, 0.29) is 17.8 Å². The molecule has 1 fully saturated rings. The summed E-state index contributed by atoms with van der Waals surface area (Å²) in [4.78, 5) is 24.6. The van der Waals surface area contributed by atoms with Crippen LogP contribution in [0.25, 0.3) is 11.0 Å². The Morgan fingerprint density at radius 3 is 2.83 bits per heavy atom. The average Bonchev–Trinajstić information content (AvgIpc) is 2.75. The van der Waals surface area contributed by atoms with Crippen LogP contribution in [0.3, 0.4) is 0 Å². The van der Waals surface area contributed by atoms with Gasteiger partial charge in [0.2, 0.25) is 0 Å². The van der Waals surface area contributed by atoms with Crippen molar-refractivity contribution in [3.8, 4) is 0 Å². The number of rotatable bonds is 4. The summed E-state index contributed by atoms with van der Waals surface area (Å²) in [5, 5.41) is 4.17. The lowest BCUT2D eigenvalue weighted by Gasteiger charge is -2.35. The molecule has 0 saturated carbocycles. The van der Waals surface area contributed by atoms with Crippen molar-refractivity contribution in [3.63, 3.8) is 0 Å². The van der Waals surface area contributed by atoms with Crippen molar-refractivity contribution in [2.75, 3.05) is 11.9 Å². The Kier molecular flexibility index (Phi) is 5.66. The number of nitrogens with zero attached hydrogens (tertiary/aromatic N) is 3. The van der Waals surface area contributed by atoms with Crippen molar-refractivity contribution >= 4 is 28.3 Å². The van der Waals surface area contributed by atoms with E-state index >= 15 is 0 Å². The zero-order valence-electron chi connectivity index (χ0n) is 17.7. The monoisotopic (exact) mass is 406 g/mol. The van der Waals surface area contributed by atoms with E-state index in [0.29, 0.717) is 16.9 Å². The van der Waals surface area contributed by atoms with E-state index in [2.05, 4.69) is 22.2 Å². The fourth-order valence-electron chi connectivity index (χ4n) is 4.22. The molecule has 1 aliphatic rings. The highest BCUT2D eigenvalue weighted by Gasteiger charge is 2.29. The maximum atomic E-state index is 13.6. The molecule has 2 aromatic heterocycles. The summed E-state index contributed by atoms with van der Waals surface area (Å²) in [7, 11) is 0. The topological polar surface area (TPSA) is 58.1 Å². The molecule has 3 heterocycles. The molecular weight excluding hydrogens is 379 g/mol. The molecule has 3 aromatic rings. The molecule has 1 aromatic carbocycles. The van der Waals surface area contributed by atoms with E-state index in [0.717, 1.165) is 54.6 Å². The number of halogens is 1. The number of amides is 1. The molecule has 5 nitrogen and oxygen atoms in total. The van der Waals surface area contributed by atoms with Crippen molar-refractivity contribution in [1.29, 1.82) is 0 Å². The number of aryl methyl sites for hydroxylation is 2. The summed E-state index contributed by atoms with van der Waals surface area (Å²) in [6, 6.07) is 8.70. The molecular formula is C24H27FN4O. The van der Waals surface area contributed by atoms with Gasteiger partial charge in [-0.1, -0.05) is 6.92 Å². The van der Waals surface area contributed by atoms with Crippen molar-refractivity contribution in [3.05, 3.63) is 59.2 Å². The Bertz CT molecular complexity index is 1100. The van der Waals surface area contributed by atoms with Crippen LogP contribution in [0, 0.1) is 19.7 Å². The van der Waals surface area contributed by atoms with Gasteiger partial charge in [-0.15, -0.1) is 0 Å². The number of anilines is 2. The summed E-state index contributed by atoms with van der Waals surface area (Å²) in [5.74, 6) is -0.302. The highest BCUT2D eigenvalue weighted by atomic mass is 19.1. The second-order valence-electron chi connectivity index (χ2n) is 8.01. The zero-order valence-corrected chi connectivity index (χ0v) is 17.7. The van der Waals surface area contributed by atoms with Crippen LogP contribution in [-0.2, 0) is 0 Å². The number of aromatic nitrogens is 2. The molecule has 0 unspecified atom stereocenters. The van der Waals surface area contributed by atoms with E-state index in [1.54, 1.807) is 12.3 Å². The third-order valence-electron chi connectivity index (χ3n) is 5.91. The lowest BCUT2D eigenvalue weighted by molar-refractivity contribution is 0.0609. The molecule has 1 atom stereocenters. The van der Waals surface area contributed by atoms with Gasteiger partial charge >= 0.3 is 0 Å². The smallest absolute Gasteiger partial charge is 0.257 e. The van der Waals surface area contributed by atoms with E-state index in [1.807, 2.05) is 30.9 Å².